The summed E-state index contributed by atoms with van der Waals surface area (Å²) in [6, 6.07) is 0. The van der Waals surface area contributed by atoms with Gasteiger partial charge in [0, 0.05) is 5.57 Å². The van der Waals surface area contributed by atoms with Gasteiger partial charge in [-0.1, -0.05) is 64.9 Å². The molecule has 0 aromatic heterocycles. The SMILES string of the molecule is C=C(C)C(=O)O.CC1CCCCCCCC1. The van der Waals surface area contributed by atoms with Gasteiger partial charge in [-0.15, -0.1) is 0 Å². The van der Waals surface area contributed by atoms with Gasteiger partial charge in [-0.3, -0.25) is 0 Å². The monoisotopic (exact) mass is 226 g/mol. The fourth-order valence-electron chi connectivity index (χ4n) is 1.84. The number of carboxylic acid groups (broad SMARTS) is 1. The van der Waals surface area contributed by atoms with Gasteiger partial charge in [0.2, 0.25) is 0 Å². The molecule has 16 heavy (non-hydrogen) atoms. The van der Waals surface area contributed by atoms with Gasteiger partial charge in [0.15, 0.2) is 0 Å². The summed E-state index contributed by atoms with van der Waals surface area (Å²) in [4.78, 5) is 9.60. The van der Waals surface area contributed by atoms with Crippen molar-refractivity contribution < 1.29 is 9.90 Å². The summed E-state index contributed by atoms with van der Waals surface area (Å²) in [5, 5.41) is 7.89. The highest BCUT2D eigenvalue weighted by atomic mass is 16.4. The topological polar surface area (TPSA) is 37.3 Å². The van der Waals surface area contributed by atoms with Crippen LogP contribution in [0.1, 0.15) is 65.2 Å². The van der Waals surface area contributed by atoms with Crippen LogP contribution in [0.2, 0.25) is 0 Å². The molecule has 0 aromatic carbocycles. The molecule has 1 rings (SSSR count). The maximum absolute atomic E-state index is 9.60. The van der Waals surface area contributed by atoms with Crippen LogP contribution in [0.3, 0.4) is 0 Å². The van der Waals surface area contributed by atoms with Crippen molar-refractivity contribution in [1.82, 2.24) is 0 Å². The lowest BCUT2D eigenvalue weighted by Gasteiger charge is -2.07. The molecule has 0 unspecified atom stereocenters. The van der Waals surface area contributed by atoms with Crippen LogP contribution >= 0.6 is 0 Å². The molecule has 1 aliphatic carbocycles. The number of aliphatic carboxylic acids is 1. The van der Waals surface area contributed by atoms with Gasteiger partial charge < -0.3 is 5.11 Å². The first-order valence-corrected chi connectivity index (χ1v) is 6.43. The van der Waals surface area contributed by atoms with E-state index in [0.717, 1.165) is 5.92 Å². The van der Waals surface area contributed by atoms with Crippen LogP contribution in [0.15, 0.2) is 12.2 Å². The molecule has 0 radical (unpaired) electrons. The van der Waals surface area contributed by atoms with E-state index in [-0.39, 0.29) is 5.57 Å². The van der Waals surface area contributed by atoms with Crippen molar-refractivity contribution >= 4 is 5.97 Å². The van der Waals surface area contributed by atoms with Gasteiger partial charge in [0.05, 0.1) is 0 Å². The van der Waals surface area contributed by atoms with E-state index in [0.29, 0.717) is 0 Å². The Hall–Kier alpha value is -0.790. The Bertz CT molecular complexity index is 187. The number of carbonyl (C=O) groups is 1. The Morgan fingerprint density at radius 2 is 1.38 bits per heavy atom. The molecule has 1 aliphatic rings. The zero-order valence-corrected chi connectivity index (χ0v) is 10.8. The number of carboxylic acids is 1. The normalized spacial score (nSPS) is 18.4. The summed E-state index contributed by atoms with van der Waals surface area (Å²) in [5.74, 6) is 0.0769. The molecule has 2 heteroatoms. The standard InChI is InChI=1S/C10H20.C4H6O2/c1-10-8-6-4-2-3-5-7-9-10;1-3(2)4(5)6/h10H,2-9H2,1H3;1H2,2H3,(H,5,6). The van der Waals surface area contributed by atoms with Gasteiger partial charge in [0.25, 0.3) is 0 Å². The Morgan fingerprint density at radius 1 is 1.06 bits per heavy atom. The first kappa shape index (κ1) is 15.2. The number of hydrogen-bond acceptors (Lipinski definition) is 1. The summed E-state index contributed by atoms with van der Waals surface area (Å²) < 4.78 is 0. The zero-order chi connectivity index (χ0) is 12.4. The second-order valence-corrected chi connectivity index (χ2v) is 4.89. The highest BCUT2D eigenvalue weighted by molar-refractivity contribution is 5.84. The van der Waals surface area contributed by atoms with E-state index in [4.69, 9.17) is 5.11 Å². The third-order valence-corrected chi connectivity index (χ3v) is 3.01. The molecule has 0 saturated heterocycles. The highest BCUT2D eigenvalue weighted by Crippen LogP contribution is 2.20. The molecule has 94 valence electrons. The lowest BCUT2D eigenvalue weighted by atomic mass is 10.00. The largest absolute Gasteiger partial charge is 0.478 e. The van der Waals surface area contributed by atoms with Crippen molar-refractivity contribution in [3.8, 4) is 0 Å². The molecule has 1 N–H and O–H groups in total. The maximum Gasteiger partial charge on any atom is 0.330 e. The first-order valence-electron chi connectivity index (χ1n) is 6.43. The summed E-state index contributed by atoms with van der Waals surface area (Å²) in [7, 11) is 0. The molecule has 0 amide bonds. The van der Waals surface area contributed by atoms with E-state index in [9.17, 15) is 4.79 Å². The lowest BCUT2D eigenvalue weighted by molar-refractivity contribution is -0.132. The molecular weight excluding hydrogens is 200 g/mol. The van der Waals surface area contributed by atoms with E-state index >= 15 is 0 Å². The van der Waals surface area contributed by atoms with Gasteiger partial charge in [-0.2, -0.15) is 0 Å². The van der Waals surface area contributed by atoms with Gasteiger partial charge >= 0.3 is 5.97 Å². The number of rotatable bonds is 1. The maximum atomic E-state index is 9.60. The van der Waals surface area contributed by atoms with Crippen molar-refractivity contribution in [2.24, 2.45) is 5.92 Å². The lowest BCUT2D eigenvalue weighted by Crippen LogP contribution is -1.92. The van der Waals surface area contributed by atoms with E-state index in [1.165, 1.54) is 58.3 Å². The molecule has 0 aromatic rings. The summed E-state index contributed by atoms with van der Waals surface area (Å²) in [5.41, 5.74) is 0.176. The highest BCUT2D eigenvalue weighted by Gasteiger charge is 2.03. The Morgan fingerprint density at radius 3 is 1.69 bits per heavy atom. The fourth-order valence-corrected chi connectivity index (χ4v) is 1.84. The predicted molar refractivity (Wildman–Crippen MR) is 68.5 cm³/mol. The van der Waals surface area contributed by atoms with Crippen molar-refractivity contribution in [3.63, 3.8) is 0 Å². The van der Waals surface area contributed by atoms with Crippen molar-refractivity contribution in [3.05, 3.63) is 12.2 Å². The van der Waals surface area contributed by atoms with E-state index in [1.807, 2.05) is 0 Å². The van der Waals surface area contributed by atoms with Crippen LogP contribution in [0, 0.1) is 5.92 Å². The van der Waals surface area contributed by atoms with Gasteiger partial charge in [-0.25, -0.2) is 4.79 Å². The van der Waals surface area contributed by atoms with Crippen LogP contribution < -0.4 is 0 Å². The first-order chi connectivity index (χ1) is 7.54. The molecule has 0 spiro atoms. The second-order valence-electron chi connectivity index (χ2n) is 4.89. The summed E-state index contributed by atoms with van der Waals surface area (Å²) in [6.45, 7) is 7.01. The molecule has 0 heterocycles. The van der Waals surface area contributed by atoms with Crippen LogP contribution in [-0.4, -0.2) is 11.1 Å². The predicted octanol–water partition coefficient (Wildman–Crippen LogP) is 4.40. The smallest absolute Gasteiger partial charge is 0.330 e. The van der Waals surface area contributed by atoms with E-state index in [1.54, 1.807) is 0 Å². The molecule has 1 fully saturated rings. The minimum absolute atomic E-state index is 0.176. The Labute approximate surface area is 99.7 Å². The quantitative estimate of drug-likeness (QED) is 0.673. The van der Waals surface area contributed by atoms with Crippen LogP contribution in [0.4, 0.5) is 0 Å². The minimum Gasteiger partial charge on any atom is -0.478 e. The molecule has 1 saturated carbocycles. The van der Waals surface area contributed by atoms with Crippen molar-refractivity contribution in [2.45, 2.75) is 65.2 Å². The average Bonchev–Trinajstić information content (AvgIpc) is 2.32. The van der Waals surface area contributed by atoms with Gasteiger partial charge in [0.1, 0.15) is 0 Å². The van der Waals surface area contributed by atoms with E-state index < -0.39 is 5.97 Å². The van der Waals surface area contributed by atoms with Crippen LogP contribution in [0.25, 0.3) is 0 Å². The van der Waals surface area contributed by atoms with E-state index in [2.05, 4.69) is 13.5 Å². The molecule has 0 atom stereocenters. The summed E-state index contributed by atoms with van der Waals surface area (Å²) >= 11 is 0. The van der Waals surface area contributed by atoms with Crippen molar-refractivity contribution in [2.75, 3.05) is 0 Å². The molecule has 0 bridgehead atoms. The van der Waals surface area contributed by atoms with Crippen LogP contribution in [0.5, 0.6) is 0 Å². The Kier molecular flexibility index (Phi) is 8.97. The molecular formula is C14H26O2. The second kappa shape index (κ2) is 9.44. The van der Waals surface area contributed by atoms with Crippen molar-refractivity contribution in [1.29, 1.82) is 0 Å². The average molecular weight is 226 g/mol. The molecule has 2 nitrogen and oxygen atoms in total. The Balaban J connectivity index is 0.000000325. The third kappa shape index (κ3) is 9.75. The zero-order valence-electron chi connectivity index (χ0n) is 10.8. The van der Waals surface area contributed by atoms with Crippen LogP contribution in [-0.2, 0) is 4.79 Å². The number of hydrogen-bond donors (Lipinski definition) is 1. The molecule has 0 aliphatic heterocycles. The fraction of sp³-hybridized carbons (Fsp3) is 0.786. The third-order valence-electron chi connectivity index (χ3n) is 3.01. The van der Waals surface area contributed by atoms with Gasteiger partial charge in [-0.05, 0) is 12.8 Å². The summed E-state index contributed by atoms with van der Waals surface area (Å²) in [6.07, 6.45) is 11.9. The minimum atomic E-state index is -0.935.